The number of Topliss-reactive ketones (excluding diaryl/α,β-unsaturated/α-hetero) is 1. The molecule has 4 aliphatic rings. The summed E-state index contributed by atoms with van der Waals surface area (Å²) in [5, 5.41) is 0. The molecular weight excluding hydrogens is 336 g/mol. The fraction of sp³-hybridized carbons (Fsp3) is 0.792. The molecule has 0 aromatic rings. The number of carbonyl (C=O) groups excluding carboxylic acids is 1. The van der Waals surface area contributed by atoms with Crippen molar-refractivity contribution >= 4 is 5.78 Å². The molecule has 0 bridgehead atoms. The first-order valence-corrected chi connectivity index (χ1v) is 10.8. The standard InChI is InChI=1S/C24H36O3/c1-13(2)16-11-24(10-9-23(14(3)4)12-17(23)24)27-19-15(5)21(26-8)22(6,7)20(25)18(16)19/h13-14,16-17H,9-12H2,1-8H3/t16-,17+,23-,24+/m0/s1. The molecule has 0 unspecified atom stereocenters. The molecule has 1 spiro atoms. The maximum absolute atomic E-state index is 13.5. The first-order valence-electron chi connectivity index (χ1n) is 10.8. The molecule has 3 nitrogen and oxygen atoms in total. The van der Waals surface area contributed by atoms with E-state index < -0.39 is 5.41 Å². The Balaban J connectivity index is 1.83. The SMILES string of the molecule is COC1=C(C)C2=C(C(=O)C1(C)C)[C@H](C(C)C)C[C@@]1(CC[C@@]3(C(C)C)C[C@@H]13)O2. The Kier molecular flexibility index (Phi) is 3.99. The number of carbonyl (C=O) groups is 1. The van der Waals surface area contributed by atoms with E-state index >= 15 is 0 Å². The first-order chi connectivity index (χ1) is 12.5. The Labute approximate surface area is 164 Å². The summed E-state index contributed by atoms with van der Waals surface area (Å²) in [6, 6.07) is 0. The summed E-state index contributed by atoms with van der Waals surface area (Å²) in [7, 11) is 1.68. The van der Waals surface area contributed by atoms with Crippen molar-refractivity contribution in [2.24, 2.45) is 34.5 Å². The van der Waals surface area contributed by atoms with Crippen molar-refractivity contribution in [3.05, 3.63) is 22.7 Å². The van der Waals surface area contributed by atoms with E-state index in [9.17, 15) is 4.79 Å². The second-order valence-electron chi connectivity index (χ2n) is 10.7. The predicted molar refractivity (Wildman–Crippen MR) is 107 cm³/mol. The van der Waals surface area contributed by atoms with Gasteiger partial charge in [0.2, 0.25) is 0 Å². The molecule has 3 aliphatic carbocycles. The number of fused-ring (bicyclic) bond motifs is 2. The monoisotopic (exact) mass is 372 g/mol. The third kappa shape index (κ3) is 2.29. The maximum atomic E-state index is 13.5. The second kappa shape index (κ2) is 5.64. The molecule has 4 atom stereocenters. The number of ketones is 1. The number of allylic oxidation sites excluding steroid dienone is 3. The number of rotatable bonds is 3. The second-order valence-corrected chi connectivity index (χ2v) is 10.7. The summed E-state index contributed by atoms with van der Waals surface area (Å²) in [6.45, 7) is 15.3. The molecular formula is C24H36O3. The average Bonchev–Trinajstić information content (AvgIpc) is 3.28. The van der Waals surface area contributed by atoms with Gasteiger partial charge in [0, 0.05) is 17.1 Å². The van der Waals surface area contributed by atoms with Crippen molar-refractivity contribution in [1.82, 2.24) is 0 Å². The largest absolute Gasteiger partial charge is 0.500 e. The zero-order valence-electron chi connectivity index (χ0n) is 18.4. The molecule has 150 valence electrons. The van der Waals surface area contributed by atoms with Gasteiger partial charge < -0.3 is 9.47 Å². The van der Waals surface area contributed by atoms with Gasteiger partial charge in [-0.1, -0.05) is 27.7 Å². The van der Waals surface area contributed by atoms with Crippen LogP contribution in [0.25, 0.3) is 0 Å². The lowest BCUT2D eigenvalue weighted by Crippen LogP contribution is -2.47. The van der Waals surface area contributed by atoms with Gasteiger partial charge in [0.25, 0.3) is 0 Å². The Morgan fingerprint density at radius 1 is 1.11 bits per heavy atom. The van der Waals surface area contributed by atoms with Crippen LogP contribution in [-0.4, -0.2) is 18.5 Å². The zero-order valence-corrected chi connectivity index (χ0v) is 18.4. The van der Waals surface area contributed by atoms with Gasteiger partial charge in [0.1, 0.15) is 17.1 Å². The van der Waals surface area contributed by atoms with Crippen molar-refractivity contribution in [2.75, 3.05) is 7.11 Å². The number of hydrogen-bond acceptors (Lipinski definition) is 3. The molecule has 27 heavy (non-hydrogen) atoms. The van der Waals surface area contributed by atoms with E-state index in [1.807, 2.05) is 13.8 Å². The summed E-state index contributed by atoms with van der Waals surface area (Å²) in [5.41, 5.74) is 1.74. The van der Waals surface area contributed by atoms with Crippen LogP contribution in [0.3, 0.4) is 0 Å². The van der Waals surface area contributed by atoms with E-state index in [4.69, 9.17) is 9.47 Å². The summed E-state index contributed by atoms with van der Waals surface area (Å²) >= 11 is 0. The average molecular weight is 373 g/mol. The van der Waals surface area contributed by atoms with Crippen LogP contribution in [0.1, 0.15) is 74.1 Å². The minimum absolute atomic E-state index is 0.0834. The topological polar surface area (TPSA) is 35.5 Å². The normalized spacial score (nSPS) is 39.9. The van der Waals surface area contributed by atoms with Crippen LogP contribution in [0.2, 0.25) is 0 Å². The molecule has 0 N–H and O–H groups in total. The van der Waals surface area contributed by atoms with E-state index in [2.05, 4.69) is 34.6 Å². The molecule has 0 amide bonds. The van der Waals surface area contributed by atoms with Crippen molar-refractivity contribution in [3.8, 4) is 0 Å². The van der Waals surface area contributed by atoms with Gasteiger partial charge in [0.05, 0.1) is 12.5 Å². The van der Waals surface area contributed by atoms with E-state index in [0.29, 0.717) is 23.2 Å². The first kappa shape index (κ1) is 19.1. The molecule has 2 fully saturated rings. The zero-order chi connectivity index (χ0) is 19.9. The van der Waals surface area contributed by atoms with Gasteiger partial charge in [0.15, 0.2) is 5.78 Å². The highest BCUT2D eigenvalue weighted by Crippen LogP contribution is 2.74. The summed E-state index contributed by atoms with van der Waals surface area (Å²) in [5.74, 6) is 3.87. The van der Waals surface area contributed by atoms with E-state index in [1.54, 1.807) is 7.11 Å². The van der Waals surface area contributed by atoms with Gasteiger partial charge in [-0.25, -0.2) is 0 Å². The maximum Gasteiger partial charge on any atom is 0.175 e. The third-order valence-electron chi connectivity index (χ3n) is 8.47. The minimum Gasteiger partial charge on any atom is -0.500 e. The third-order valence-corrected chi connectivity index (χ3v) is 8.47. The molecule has 4 rings (SSSR count). The van der Waals surface area contributed by atoms with Gasteiger partial charge >= 0.3 is 0 Å². The Morgan fingerprint density at radius 2 is 1.78 bits per heavy atom. The highest BCUT2D eigenvalue weighted by molar-refractivity contribution is 6.04. The Hall–Kier alpha value is -1.25. The molecule has 0 aromatic heterocycles. The van der Waals surface area contributed by atoms with Crippen molar-refractivity contribution in [3.63, 3.8) is 0 Å². The van der Waals surface area contributed by atoms with E-state index in [-0.39, 0.29) is 17.3 Å². The van der Waals surface area contributed by atoms with Crippen LogP contribution >= 0.6 is 0 Å². The molecule has 1 aliphatic heterocycles. The Bertz CT molecular complexity index is 754. The van der Waals surface area contributed by atoms with Gasteiger partial charge in [-0.05, 0) is 69.6 Å². The van der Waals surface area contributed by atoms with Crippen molar-refractivity contribution < 1.29 is 14.3 Å². The lowest BCUT2D eigenvalue weighted by Gasteiger charge is -2.47. The number of hydrogen-bond donors (Lipinski definition) is 0. The van der Waals surface area contributed by atoms with Crippen LogP contribution < -0.4 is 0 Å². The molecule has 0 radical (unpaired) electrons. The smallest absolute Gasteiger partial charge is 0.175 e. The molecule has 2 saturated carbocycles. The van der Waals surface area contributed by atoms with Crippen molar-refractivity contribution in [2.45, 2.75) is 79.8 Å². The highest BCUT2D eigenvalue weighted by atomic mass is 16.5. The van der Waals surface area contributed by atoms with Gasteiger partial charge in [-0.3, -0.25) is 4.79 Å². The minimum atomic E-state index is -0.615. The van der Waals surface area contributed by atoms with Crippen LogP contribution in [0.4, 0.5) is 0 Å². The Morgan fingerprint density at radius 3 is 2.26 bits per heavy atom. The van der Waals surface area contributed by atoms with Crippen LogP contribution in [0.5, 0.6) is 0 Å². The summed E-state index contributed by atoms with van der Waals surface area (Å²) in [4.78, 5) is 13.5. The predicted octanol–water partition coefficient (Wildman–Crippen LogP) is 5.66. The molecule has 0 saturated heterocycles. The van der Waals surface area contributed by atoms with Crippen LogP contribution in [-0.2, 0) is 14.3 Å². The molecule has 3 heteroatoms. The highest BCUT2D eigenvalue weighted by Gasteiger charge is 2.72. The van der Waals surface area contributed by atoms with Crippen LogP contribution in [0, 0.1) is 34.5 Å². The van der Waals surface area contributed by atoms with E-state index in [0.717, 1.165) is 35.5 Å². The fourth-order valence-electron chi connectivity index (χ4n) is 6.70. The molecule has 1 heterocycles. The molecule has 0 aromatic carbocycles. The fourth-order valence-corrected chi connectivity index (χ4v) is 6.70. The number of ether oxygens (including phenoxy) is 2. The van der Waals surface area contributed by atoms with Crippen LogP contribution in [0.15, 0.2) is 22.7 Å². The summed E-state index contributed by atoms with van der Waals surface area (Å²) in [6.07, 6.45) is 4.68. The summed E-state index contributed by atoms with van der Waals surface area (Å²) < 4.78 is 12.6. The van der Waals surface area contributed by atoms with Crippen molar-refractivity contribution in [1.29, 1.82) is 0 Å². The lowest BCUT2D eigenvalue weighted by atomic mass is 9.65. The van der Waals surface area contributed by atoms with Gasteiger partial charge in [-0.2, -0.15) is 0 Å². The van der Waals surface area contributed by atoms with E-state index in [1.165, 1.54) is 12.8 Å². The number of methoxy groups -OCH3 is 1. The van der Waals surface area contributed by atoms with Gasteiger partial charge in [-0.15, -0.1) is 0 Å². The quantitative estimate of drug-likeness (QED) is 0.641. The lowest BCUT2D eigenvalue weighted by molar-refractivity contribution is -0.127.